The van der Waals surface area contributed by atoms with Crippen LogP contribution in [-0.4, -0.2) is 65.8 Å². The van der Waals surface area contributed by atoms with Gasteiger partial charge in [-0.15, -0.1) is 0 Å². The van der Waals surface area contributed by atoms with Gasteiger partial charge in [0.15, 0.2) is 0 Å². The average molecular weight is 403 g/mol. The molecule has 7 nitrogen and oxygen atoms in total. The van der Waals surface area contributed by atoms with Crippen LogP contribution in [-0.2, 0) is 4.74 Å². The molecule has 1 saturated heterocycles. The summed E-state index contributed by atoms with van der Waals surface area (Å²) in [6.45, 7) is 4.89. The van der Waals surface area contributed by atoms with Gasteiger partial charge in [-0.3, -0.25) is 0 Å². The molecule has 2 heterocycles. The van der Waals surface area contributed by atoms with Crippen molar-refractivity contribution in [2.75, 3.05) is 36.5 Å². The molecule has 0 amide bonds. The second-order valence-electron chi connectivity index (χ2n) is 5.88. The fraction of sp³-hybridized carbons (Fsp3) is 0.786. The van der Waals surface area contributed by atoms with Gasteiger partial charge in [-0.1, -0.05) is 6.92 Å². The van der Waals surface area contributed by atoms with E-state index in [1.165, 1.54) is 0 Å². The van der Waals surface area contributed by atoms with E-state index < -0.39 is 24.5 Å². The number of anilines is 2. The average Bonchev–Trinajstić information content (AvgIpc) is 2.58. The van der Waals surface area contributed by atoms with Gasteiger partial charge in [0, 0.05) is 19.1 Å². The van der Waals surface area contributed by atoms with E-state index >= 15 is 0 Å². The Hall–Kier alpha value is -2.05. The number of nitrogens with one attached hydrogen (secondary N) is 1. The number of alkyl halides is 6. The summed E-state index contributed by atoms with van der Waals surface area (Å²) >= 11 is 0. The van der Waals surface area contributed by atoms with Crippen molar-refractivity contribution in [3.8, 4) is 6.01 Å². The van der Waals surface area contributed by atoms with Gasteiger partial charge in [0.1, 0.15) is 0 Å². The number of halogens is 6. The summed E-state index contributed by atoms with van der Waals surface area (Å²) in [4.78, 5) is 12.8. The monoisotopic (exact) mass is 403 g/mol. The first-order chi connectivity index (χ1) is 12.5. The molecule has 27 heavy (non-hydrogen) atoms. The molecule has 1 N–H and O–H groups in total. The summed E-state index contributed by atoms with van der Waals surface area (Å²) in [5.41, 5.74) is 0. The first kappa shape index (κ1) is 21.3. The van der Waals surface area contributed by atoms with Crippen molar-refractivity contribution in [2.45, 2.75) is 44.8 Å². The summed E-state index contributed by atoms with van der Waals surface area (Å²) in [5, 5.41) is 2.80. The van der Waals surface area contributed by atoms with Gasteiger partial charge in [-0.2, -0.15) is 41.3 Å². The first-order valence-electron chi connectivity index (χ1n) is 8.16. The molecule has 2 rings (SSSR count). The molecule has 0 saturated carbocycles. The maximum atomic E-state index is 12.8. The Morgan fingerprint density at radius 2 is 1.67 bits per heavy atom. The van der Waals surface area contributed by atoms with Gasteiger partial charge in [0.2, 0.25) is 11.9 Å². The third-order valence-corrected chi connectivity index (χ3v) is 3.70. The molecule has 0 aromatic carbocycles. The van der Waals surface area contributed by atoms with Crippen LogP contribution in [0.5, 0.6) is 6.01 Å². The number of nitrogens with zero attached hydrogens (tertiary/aromatic N) is 4. The Morgan fingerprint density at radius 3 is 2.19 bits per heavy atom. The lowest BCUT2D eigenvalue weighted by Crippen LogP contribution is -2.47. The van der Waals surface area contributed by atoms with Crippen LogP contribution in [0.4, 0.5) is 38.2 Å². The van der Waals surface area contributed by atoms with Crippen LogP contribution in [0.2, 0.25) is 0 Å². The van der Waals surface area contributed by atoms with Gasteiger partial charge in [0.25, 0.3) is 6.10 Å². The fourth-order valence-electron chi connectivity index (χ4n) is 2.11. The smallest absolute Gasteiger partial charge is 0.434 e. The SMILES string of the molecule is CC[C@@H](C)Nc1nc(OC(C(F)(F)F)C(F)(F)F)nc(N2CCOCC2)n1. The van der Waals surface area contributed by atoms with Crippen LogP contribution in [0, 0.1) is 0 Å². The molecule has 0 aliphatic carbocycles. The number of morpholine rings is 1. The number of ether oxygens (including phenoxy) is 2. The van der Waals surface area contributed by atoms with Crippen molar-refractivity contribution in [2.24, 2.45) is 0 Å². The second-order valence-corrected chi connectivity index (χ2v) is 5.88. The molecular weight excluding hydrogens is 384 g/mol. The van der Waals surface area contributed by atoms with Crippen molar-refractivity contribution in [3.63, 3.8) is 0 Å². The van der Waals surface area contributed by atoms with Crippen LogP contribution in [0.15, 0.2) is 0 Å². The molecule has 13 heteroatoms. The summed E-state index contributed by atoms with van der Waals surface area (Å²) in [6, 6.07) is -1.23. The van der Waals surface area contributed by atoms with E-state index in [1.54, 1.807) is 11.8 Å². The molecule has 154 valence electrons. The minimum absolute atomic E-state index is 0.0859. The second kappa shape index (κ2) is 8.31. The van der Waals surface area contributed by atoms with Crippen LogP contribution in [0.25, 0.3) is 0 Å². The lowest BCUT2D eigenvalue weighted by molar-refractivity contribution is -0.301. The molecule has 1 atom stereocenters. The van der Waals surface area contributed by atoms with Gasteiger partial charge in [-0.05, 0) is 13.3 Å². The highest BCUT2D eigenvalue weighted by atomic mass is 19.4. The number of rotatable bonds is 6. The van der Waals surface area contributed by atoms with Gasteiger partial charge in [0.05, 0.1) is 13.2 Å². The van der Waals surface area contributed by atoms with E-state index in [9.17, 15) is 26.3 Å². The Balaban J connectivity index is 2.36. The molecule has 0 bridgehead atoms. The number of hydrogen-bond acceptors (Lipinski definition) is 7. The maximum absolute atomic E-state index is 12.8. The lowest BCUT2D eigenvalue weighted by Gasteiger charge is -2.28. The molecule has 0 unspecified atom stereocenters. The lowest BCUT2D eigenvalue weighted by atomic mass is 10.3. The number of hydrogen-bond donors (Lipinski definition) is 1. The largest absolute Gasteiger partial charge is 0.440 e. The quantitative estimate of drug-likeness (QED) is 0.733. The third kappa shape index (κ3) is 5.97. The highest BCUT2D eigenvalue weighted by Crippen LogP contribution is 2.36. The van der Waals surface area contributed by atoms with Crippen molar-refractivity contribution in [3.05, 3.63) is 0 Å². The number of aromatic nitrogens is 3. The van der Waals surface area contributed by atoms with Gasteiger partial charge >= 0.3 is 18.4 Å². The molecular formula is C14H19F6N5O2. The molecule has 1 fully saturated rings. The van der Waals surface area contributed by atoms with Crippen molar-refractivity contribution in [1.29, 1.82) is 0 Å². The van der Waals surface area contributed by atoms with Gasteiger partial charge in [-0.25, -0.2) is 0 Å². The van der Waals surface area contributed by atoms with Crippen LogP contribution >= 0.6 is 0 Å². The van der Waals surface area contributed by atoms with E-state index in [0.717, 1.165) is 0 Å². The molecule has 1 aliphatic rings. The van der Waals surface area contributed by atoms with E-state index in [0.29, 0.717) is 32.7 Å². The summed E-state index contributed by atoms with van der Waals surface area (Å²) < 4.78 is 85.9. The minimum Gasteiger partial charge on any atom is -0.440 e. The van der Waals surface area contributed by atoms with Crippen molar-refractivity contribution < 1.29 is 35.8 Å². The Kier molecular flexibility index (Phi) is 6.54. The van der Waals surface area contributed by atoms with E-state index in [4.69, 9.17) is 4.74 Å². The molecule has 0 radical (unpaired) electrons. The predicted molar refractivity (Wildman–Crippen MR) is 82.8 cm³/mol. The zero-order valence-corrected chi connectivity index (χ0v) is 14.6. The minimum atomic E-state index is -5.67. The first-order valence-corrected chi connectivity index (χ1v) is 8.16. The fourth-order valence-corrected chi connectivity index (χ4v) is 2.11. The predicted octanol–water partition coefficient (Wildman–Crippen LogP) is 2.79. The zero-order valence-electron chi connectivity index (χ0n) is 14.6. The third-order valence-electron chi connectivity index (χ3n) is 3.70. The highest BCUT2D eigenvalue weighted by Gasteiger charge is 2.59. The highest BCUT2D eigenvalue weighted by molar-refractivity contribution is 5.39. The normalized spacial score (nSPS) is 17.1. The Bertz CT molecular complexity index is 607. The van der Waals surface area contributed by atoms with E-state index in [-0.39, 0.29) is 17.9 Å². The van der Waals surface area contributed by atoms with Crippen LogP contribution < -0.4 is 15.0 Å². The Labute approximate surface area is 151 Å². The topological polar surface area (TPSA) is 72.4 Å². The summed E-state index contributed by atoms with van der Waals surface area (Å²) in [7, 11) is 0. The van der Waals surface area contributed by atoms with Crippen LogP contribution in [0.3, 0.4) is 0 Å². The summed E-state index contributed by atoms with van der Waals surface area (Å²) in [6.07, 6.45) is -14.8. The van der Waals surface area contributed by atoms with E-state index in [2.05, 4.69) is 25.0 Å². The maximum Gasteiger partial charge on any atom is 0.434 e. The standard InChI is InChI=1S/C14H19F6N5O2/c1-3-8(2)21-10-22-11(25-4-6-26-7-5-25)24-12(23-10)27-9(13(15,16)17)14(18,19)20/h8-9H,3-7H2,1-2H3,(H,21,22,23,24)/t8-/m1/s1. The molecule has 0 spiro atoms. The summed E-state index contributed by atoms with van der Waals surface area (Å²) in [5.74, 6) is -0.254. The zero-order chi connectivity index (χ0) is 20.2. The van der Waals surface area contributed by atoms with Crippen molar-refractivity contribution in [1.82, 2.24) is 15.0 Å². The molecule has 1 aliphatic heterocycles. The molecule has 1 aromatic heterocycles. The van der Waals surface area contributed by atoms with Crippen LogP contribution in [0.1, 0.15) is 20.3 Å². The Morgan fingerprint density at radius 1 is 1.07 bits per heavy atom. The molecule has 1 aromatic rings. The van der Waals surface area contributed by atoms with Crippen molar-refractivity contribution >= 4 is 11.9 Å². The van der Waals surface area contributed by atoms with E-state index in [1.807, 2.05) is 6.92 Å². The van der Waals surface area contributed by atoms with Gasteiger partial charge < -0.3 is 19.7 Å².